The number of ketones is 1. The third-order valence-corrected chi connectivity index (χ3v) is 2.15. The summed E-state index contributed by atoms with van der Waals surface area (Å²) < 4.78 is 4.56. The van der Waals surface area contributed by atoms with Crippen LogP contribution in [0.2, 0.25) is 0 Å². The Morgan fingerprint density at radius 2 is 2.06 bits per heavy atom. The molecule has 5 heteroatoms. The van der Waals surface area contributed by atoms with Crippen LogP contribution in [0.3, 0.4) is 0 Å². The lowest BCUT2D eigenvalue weighted by Crippen LogP contribution is -2.12. The first-order chi connectivity index (χ1) is 7.60. The molecular weight excluding hydrogens is 208 g/mol. The van der Waals surface area contributed by atoms with Crippen LogP contribution < -0.4 is 11.5 Å². The van der Waals surface area contributed by atoms with Crippen LogP contribution in [0.25, 0.3) is 0 Å². The highest BCUT2D eigenvalue weighted by molar-refractivity contribution is 6.03. The Morgan fingerprint density at radius 3 is 2.62 bits per heavy atom. The Hall–Kier alpha value is -1.88. The smallest absolute Gasteiger partial charge is 0.337 e. The minimum Gasteiger partial charge on any atom is -0.465 e. The van der Waals surface area contributed by atoms with E-state index in [1.807, 2.05) is 0 Å². The molecule has 0 fully saturated rings. The van der Waals surface area contributed by atoms with Gasteiger partial charge in [0.05, 0.1) is 12.7 Å². The first-order valence-electron chi connectivity index (χ1n) is 4.81. The van der Waals surface area contributed by atoms with Gasteiger partial charge in [-0.25, -0.2) is 4.79 Å². The van der Waals surface area contributed by atoms with E-state index in [0.29, 0.717) is 16.8 Å². The number of rotatable bonds is 4. The SMILES string of the molecule is COC(=O)c1ccc(N)c(C(=O)CCN)c1. The molecule has 0 heterocycles. The van der Waals surface area contributed by atoms with Gasteiger partial charge < -0.3 is 16.2 Å². The zero-order valence-electron chi connectivity index (χ0n) is 9.03. The lowest BCUT2D eigenvalue weighted by Gasteiger charge is -2.06. The topological polar surface area (TPSA) is 95.4 Å². The van der Waals surface area contributed by atoms with Crippen molar-refractivity contribution in [2.75, 3.05) is 19.4 Å². The van der Waals surface area contributed by atoms with E-state index in [-0.39, 0.29) is 18.7 Å². The fourth-order valence-electron chi connectivity index (χ4n) is 1.31. The Labute approximate surface area is 93.4 Å². The van der Waals surface area contributed by atoms with Crippen molar-refractivity contribution < 1.29 is 14.3 Å². The molecule has 4 N–H and O–H groups in total. The van der Waals surface area contributed by atoms with Crippen molar-refractivity contribution in [2.45, 2.75) is 6.42 Å². The summed E-state index contributed by atoms with van der Waals surface area (Å²) in [5.41, 5.74) is 11.9. The summed E-state index contributed by atoms with van der Waals surface area (Å²) in [5, 5.41) is 0. The molecule has 0 spiro atoms. The first-order valence-corrected chi connectivity index (χ1v) is 4.81. The molecule has 1 rings (SSSR count). The van der Waals surface area contributed by atoms with Gasteiger partial charge in [-0.1, -0.05) is 0 Å². The summed E-state index contributed by atoms with van der Waals surface area (Å²) in [6.45, 7) is 0.251. The standard InChI is InChI=1S/C11H14N2O3/c1-16-11(15)7-2-3-9(13)8(6-7)10(14)4-5-12/h2-3,6H,4-5,12-13H2,1H3. The van der Waals surface area contributed by atoms with Crippen molar-refractivity contribution in [3.63, 3.8) is 0 Å². The molecule has 0 aliphatic carbocycles. The maximum absolute atomic E-state index is 11.6. The Kier molecular flexibility index (Phi) is 4.02. The molecule has 16 heavy (non-hydrogen) atoms. The summed E-state index contributed by atoms with van der Waals surface area (Å²) in [4.78, 5) is 22.9. The highest BCUT2D eigenvalue weighted by Crippen LogP contribution is 2.16. The minimum absolute atomic E-state index is 0.175. The van der Waals surface area contributed by atoms with Gasteiger partial charge in [0.15, 0.2) is 5.78 Å². The van der Waals surface area contributed by atoms with E-state index in [1.165, 1.54) is 25.3 Å². The fraction of sp³-hybridized carbons (Fsp3) is 0.273. The number of carbonyl (C=O) groups is 2. The van der Waals surface area contributed by atoms with Crippen LogP contribution in [0.15, 0.2) is 18.2 Å². The highest BCUT2D eigenvalue weighted by Gasteiger charge is 2.13. The Bertz CT molecular complexity index is 416. The molecule has 0 bridgehead atoms. The summed E-state index contributed by atoms with van der Waals surface area (Å²) >= 11 is 0. The van der Waals surface area contributed by atoms with Gasteiger partial charge in [0, 0.05) is 17.7 Å². The van der Waals surface area contributed by atoms with Crippen LogP contribution >= 0.6 is 0 Å². The van der Waals surface area contributed by atoms with E-state index in [0.717, 1.165) is 0 Å². The Morgan fingerprint density at radius 1 is 1.38 bits per heavy atom. The summed E-state index contributed by atoms with van der Waals surface area (Å²) in [6, 6.07) is 4.45. The van der Waals surface area contributed by atoms with E-state index in [2.05, 4.69) is 4.74 Å². The summed E-state index contributed by atoms with van der Waals surface area (Å²) in [5.74, 6) is -0.674. The largest absolute Gasteiger partial charge is 0.465 e. The molecule has 0 atom stereocenters. The number of nitrogen functional groups attached to an aromatic ring is 1. The first kappa shape index (κ1) is 12.2. The number of anilines is 1. The van der Waals surface area contributed by atoms with Crippen LogP contribution in [0, 0.1) is 0 Å². The predicted molar refractivity (Wildman–Crippen MR) is 60.2 cm³/mol. The third-order valence-electron chi connectivity index (χ3n) is 2.15. The molecule has 86 valence electrons. The summed E-state index contributed by atoms with van der Waals surface area (Å²) in [7, 11) is 1.28. The normalized spacial score (nSPS) is 9.88. The number of benzene rings is 1. The van der Waals surface area contributed by atoms with Crippen molar-refractivity contribution in [1.82, 2.24) is 0 Å². The second-order valence-corrected chi connectivity index (χ2v) is 3.26. The monoisotopic (exact) mass is 222 g/mol. The van der Waals surface area contributed by atoms with Gasteiger partial charge in [0.1, 0.15) is 0 Å². The van der Waals surface area contributed by atoms with Crippen molar-refractivity contribution in [3.05, 3.63) is 29.3 Å². The predicted octanol–water partition coefficient (Wildman–Crippen LogP) is 0.587. The second-order valence-electron chi connectivity index (χ2n) is 3.26. The van der Waals surface area contributed by atoms with Crippen molar-refractivity contribution >= 4 is 17.4 Å². The van der Waals surface area contributed by atoms with E-state index in [1.54, 1.807) is 0 Å². The van der Waals surface area contributed by atoms with E-state index >= 15 is 0 Å². The molecule has 0 saturated heterocycles. The lowest BCUT2D eigenvalue weighted by atomic mass is 10.0. The van der Waals surface area contributed by atoms with Crippen LogP contribution in [-0.4, -0.2) is 25.4 Å². The maximum atomic E-state index is 11.6. The molecular formula is C11H14N2O3. The molecule has 5 nitrogen and oxygen atoms in total. The molecule has 0 unspecified atom stereocenters. The van der Waals surface area contributed by atoms with Gasteiger partial charge in [-0.2, -0.15) is 0 Å². The van der Waals surface area contributed by atoms with Crippen molar-refractivity contribution in [1.29, 1.82) is 0 Å². The summed E-state index contributed by atoms with van der Waals surface area (Å²) in [6.07, 6.45) is 0.203. The van der Waals surface area contributed by atoms with Gasteiger partial charge in [0.25, 0.3) is 0 Å². The molecule has 0 amide bonds. The molecule has 0 radical (unpaired) electrons. The number of carbonyl (C=O) groups excluding carboxylic acids is 2. The zero-order chi connectivity index (χ0) is 12.1. The second kappa shape index (κ2) is 5.27. The number of Topliss-reactive ketones (excluding diaryl/α,β-unsaturated/α-hetero) is 1. The number of hydrogen-bond donors (Lipinski definition) is 2. The van der Waals surface area contributed by atoms with Crippen LogP contribution in [0.1, 0.15) is 27.1 Å². The van der Waals surface area contributed by atoms with Gasteiger partial charge in [0.2, 0.25) is 0 Å². The number of methoxy groups -OCH3 is 1. The van der Waals surface area contributed by atoms with E-state index in [9.17, 15) is 9.59 Å². The molecule has 0 aromatic heterocycles. The van der Waals surface area contributed by atoms with E-state index < -0.39 is 5.97 Å². The van der Waals surface area contributed by atoms with Gasteiger partial charge >= 0.3 is 5.97 Å². The molecule has 1 aromatic rings. The Balaban J connectivity index is 3.08. The highest BCUT2D eigenvalue weighted by atomic mass is 16.5. The number of hydrogen-bond acceptors (Lipinski definition) is 5. The minimum atomic E-state index is -0.498. The average molecular weight is 222 g/mol. The fourth-order valence-corrected chi connectivity index (χ4v) is 1.31. The number of ether oxygens (including phenoxy) is 1. The van der Waals surface area contributed by atoms with Gasteiger partial charge in [-0.15, -0.1) is 0 Å². The number of esters is 1. The van der Waals surface area contributed by atoms with Crippen molar-refractivity contribution in [2.24, 2.45) is 5.73 Å². The average Bonchev–Trinajstić information content (AvgIpc) is 2.29. The molecule has 0 aliphatic rings. The number of nitrogens with two attached hydrogens (primary N) is 2. The van der Waals surface area contributed by atoms with Gasteiger partial charge in [-0.3, -0.25) is 4.79 Å². The quantitative estimate of drug-likeness (QED) is 0.441. The molecule has 1 aromatic carbocycles. The van der Waals surface area contributed by atoms with Crippen LogP contribution in [-0.2, 0) is 4.74 Å². The lowest BCUT2D eigenvalue weighted by molar-refractivity contribution is 0.0601. The zero-order valence-corrected chi connectivity index (χ0v) is 9.03. The maximum Gasteiger partial charge on any atom is 0.337 e. The van der Waals surface area contributed by atoms with Crippen LogP contribution in [0.5, 0.6) is 0 Å². The van der Waals surface area contributed by atoms with E-state index in [4.69, 9.17) is 11.5 Å². The van der Waals surface area contributed by atoms with Crippen LogP contribution in [0.4, 0.5) is 5.69 Å². The third kappa shape index (κ3) is 2.58. The molecule has 0 aliphatic heterocycles. The molecule has 0 saturated carbocycles. The van der Waals surface area contributed by atoms with Gasteiger partial charge in [-0.05, 0) is 24.7 Å². The van der Waals surface area contributed by atoms with Crippen molar-refractivity contribution in [3.8, 4) is 0 Å².